The standard InChI is InChI=1S/C5H8O4S/c6-4-1-2-10(8,9)3-5(4)7/h5,7H,1-3H2. The van der Waals surface area contributed by atoms with E-state index in [1.165, 1.54) is 0 Å². The zero-order valence-electron chi connectivity index (χ0n) is 5.28. The Balaban J connectivity index is 2.76. The third-order valence-corrected chi connectivity index (χ3v) is 3.09. The second-order valence-corrected chi connectivity index (χ2v) is 4.58. The lowest BCUT2D eigenvalue weighted by Crippen LogP contribution is -2.36. The molecule has 0 radical (unpaired) electrons. The molecule has 0 bridgehead atoms. The summed E-state index contributed by atoms with van der Waals surface area (Å²) in [6.45, 7) is 0. The summed E-state index contributed by atoms with van der Waals surface area (Å²) in [5, 5.41) is 8.78. The SMILES string of the molecule is O=C1CCS(=O)(=O)CC1O. The summed E-state index contributed by atoms with van der Waals surface area (Å²) in [6.07, 6.45) is -1.32. The van der Waals surface area contributed by atoms with Crippen LogP contribution in [0, 0.1) is 0 Å². The highest BCUT2D eigenvalue weighted by atomic mass is 32.2. The Morgan fingerprint density at radius 3 is 2.50 bits per heavy atom. The Bertz CT molecular complexity index is 240. The van der Waals surface area contributed by atoms with E-state index in [0.29, 0.717) is 0 Å². The van der Waals surface area contributed by atoms with Crippen molar-refractivity contribution in [2.75, 3.05) is 11.5 Å². The van der Waals surface area contributed by atoms with Crippen LogP contribution >= 0.6 is 0 Å². The molecule has 1 atom stereocenters. The maximum atomic E-state index is 10.7. The van der Waals surface area contributed by atoms with E-state index in [0.717, 1.165) is 0 Å². The quantitative estimate of drug-likeness (QED) is 0.485. The summed E-state index contributed by atoms with van der Waals surface area (Å²) in [7, 11) is -3.14. The first-order chi connectivity index (χ1) is 4.51. The highest BCUT2D eigenvalue weighted by Crippen LogP contribution is 2.07. The summed E-state index contributed by atoms with van der Waals surface area (Å²) in [5.74, 6) is -0.871. The Hall–Kier alpha value is -0.420. The van der Waals surface area contributed by atoms with Crippen LogP contribution < -0.4 is 0 Å². The van der Waals surface area contributed by atoms with Crippen molar-refractivity contribution in [1.29, 1.82) is 0 Å². The summed E-state index contributed by atoms with van der Waals surface area (Å²) >= 11 is 0. The van der Waals surface area contributed by atoms with Gasteiger partial charge in [-0.15, -0.1) is 0 Å². The first kappa shape index (κ1) is 7.68. The number of aliphatic hydroxyl groups excluding tert-OH is 1. The number of hydrogen-bond donors (Lipinski definition) is 1. The Kier molecular flexibility index (Phi) is 1.78. The third kappa shape index (κ3) is 1.54. The van der Waals surface area contributed by atoms with Crippen molar-refractivity contribution in [2.45, 2.75) is 12.5 Å². The Labute approximate surface area is 58.8 Å². The van der Waals surface area contributed by atoms with Crippen LogP contribution in [0.1, 0.15) is 6.42 Å². The van der Waals surface area contributed by atoms with E-state index < -0.39 is 21.7 Å². The lowest BCUT2D eigenvalue weighted by Gasteiger charge is -2.14. The average molecular weight is 164 g/mol. The third-order valence-electron chi connectivity index (χ3n) is 1.44. The zero-order chi connectivity index (χ0) is 7.78. The topological polar surface area (TPSA) is 71.4 Å². The van der Waals surface area contributed by atoms with E-state index in [-0.39, 0.29) is 18.0 Å². The van der Waals surface area contributed by atoms with E-state index >= 15 is 0 Å². The van der Waals surface area contributed by atoms with Crippen LogP contribution in [-0.2, 0) is 14.6 Å². The van der Waals surface area contributed by atoms with Crippen molar-refractivity contribution in [3.05, 3.63) is 0 Å². The highest BCUT2D eigenvalue weighted by Gasteiger charge is 2.29. The van der Waals surface area contributed by atoms with Crippen molar-refractivity contribution in [3.8, 4) is 0 Å². The van der Waals surface area contributed by atoms with Gasteiger partial charge in [-0.2, -0.15) is 0 Å². The molecule has 1 unspecified atom stereocenters. The van der Waals surface area contributed by atoms with Crippen LogP contribution in [0.25, 0.3) is 0 Å². The minimum Gasteiger partial charge on any atom is -0.384 e. The summed E-state index contributed by atoms with van der Waals surface area (Å²) < 4.78 is 21.4. The predicted molar refractivity (Wildman–Crippen MR) is 34.3 cm³/mol. The maximum absolute atomic E-state index is 10.7. The predicted octanol–water partition coefficient (Wildman–Crippen LogP) is -1.27. The lowest BCUT2D eigenvalue weighted by molar-refractivity contribution is -0.126. The fourth-order valence-electron chi connectivity index (χ4n) is 0.840. The molecule has 1 rings (SSSR count). The molecule has 0 amide bonds. The van der Waals surface area contributed by atoms with Crippen LogP contribution in [0.3, 0.4) is 0 Å². The molecule has 0 aliphatic carbocycles. The molecular weight excluding hydrogens is 156 g/mol. The summed E-state index contributed by atoms with van der Waals surface area (Å²) in [4.78, 5) is 10.6. The molecule has 1 saturated heterocycles. The number of aliphatic hydroxyl groups is 1. The molecule has 0 aromatic carbocycles. The van der Waals surface area contributed by atoms with Crippen molar-refractivity contribution < 1.29 is 18.3 Å². The normalized spacial score (nSPS) is 32.1. The van der Waals surface area contributed by atoms with E-state index in [1.54, 1.807) is 0 Å². The van der Waals surface area contributed by atoms with Gasteiger partial charge in [-0.05, 0) is 0 Å². The summed E-state index contributed by atoms with van der Waals surface area (Å²) in [5.41, 5.74) is 0. The molecule has 1 aliphatic rings. The van der Waals surface area contributed by atoms with Gasteiger partial charge in [0.15, 0.2) is 15.6 Å². The zero-order valence-corrected chi connectivity index (χ0v) is 6.10. The van der Waals surface area contributed by atoms with Crippen molar-refractivity contribution >= 4 is 15.6 Å². The largest absolute Gasteiger partial charge is 0.384 e. The number of carbonyl (C=O) groups excluding carboxylic acids is 1. The van der Waals surface area contributed by atoms with Crippen molar-refractivity contribution in [3.63, 3.8) is 0 Å². The van der Waals surface area contributed by atoms with Gasteiger partial charge in [0.05, 0.1) is 11.5 Å². The monoisotopic (exact) mass is 164 g/mol. The molecule has 0 aromatic heterocycles. The molecule has 4 nitrogen and oxygen atoms in total. The minimum absolute atomic E-state index is 0.0382. The van der Waals surface area contributed by atoms with Gasteiger partial charge in [0.25, 0.3) is 0 Å². The maximum Gasteiger partial charge on any atom is 0.163 e. The second kappa shape index (κ2) is 2.32. The fourth-order valence-corrected chi connectivity index (χ4v) is 2.19. The number of ketones is 1. The van der Waals surface area contributed by atoms with E-state index in [1.807, 2.05) is 0 Å². The van der Waals surface area contributed by atoms with Gasteiger partial charge in [-0.3, -0.25) is 4.79 Å². The van der Waals surface area contributed by atoms with Gasteiger partial charge < -0.3 is 5.11 Å². The van der Waals surface area contributed by atoms with Crippen molar-refractivity contribution in [2.24, 2.45) is 0 Å². The van der Waals surface area contributed by atoms with Gasteiger partial charge in [0.1, 0.15) is 6.10 Å². The molecule has 1 fully saturated rings. The average Bonchev–Trinajstić information content (AvgIpc) is 1.79. The van der Waals surface area contributed by atoms with E-state index in [9.17, 15) is 13.2 Å². The van der Waals surface area contributed by atoms with E-state index in [4.69, 9.17) is 5.11 Å². The van der Waals surface area contributed by atoms with Gasteiger partial charge in [0, 0.05) is 6.42 Å². The van der Waals surface area contributed by atoms with Crippen LogP contribution in [0.2, 0.25) is 0 Å². The molecule has 0 saturated carbocycles. The Morgan fingerprint density at radius 2 is 2.10 bits per heavy atom. The second-order valence-electron chi connectivity index (χ2n) is 2.35. The van der Waals surface area contributed by atoms with Gasteiger partial charge in [-0.1, -0.05) is 0 Å². The number of hydrogen-bond acceptors (Lipinski definition) is 4. The molecule has 0 aromatic rings. The van der Waals surface area contributed by atoms with Crippen LogP contribution in [0.15, 0.2) is 0 Å². The first-order valence-electron chi connectivity index (χ1n) is 2.92. The van der Waals surface area contributed by atoms with Crippen LogP contribution in [-0.4, -0.2) is 36.9 Å². The van der Waals surface area contributed by atoms with E-state index in [2.05, 4.69) is 0 Å². The van der Waals surface area contributed by atoms with Gasteiger partial charge >= 0.3 is 0 Å². The Morgan fingerprint density at radius 1 is 1.50 bits per heavy atom. The van der Waals surface area contributed by atoms with Gasteiger partial charge in [0.2, 0.25) is 0 Å². The number of sulfone groups is 1. The molecule has 10 heavy (non-hydrogen) atoms. The highest BCUT2D eigenvalue weighted by molar-refractivity contribution is 7.91. The molecule has 5 heteroatoms. The molecule has 0 spiro atoms. The molecule has 1 aliphatic heterocycles. The first-order valence-corrected chi connectivity index (χ1v) is 4.74. The fraction of sp³-hybridized carbons (Fsp3) is 0.800. The smallest absolute Gasteiger partial charge is 0.163 e. The van der Waals surface area contributed by atoms with Crippen LogP contribution in [0.4, 0.5) is 0 Å². The number of rotatable bonds is 0. The lowest BCUT2D eigenvalue weighted by atomic mass is 10.2. The number of carbonyl (C=O) groups is 1. The molecule has 58 valence electrons. The summed E-state index contributed by atoms with van der Waals surface area (Å²) in [6, 6.07) is 0. The van der Waals surface area contributed by atoms with Gasteiger partial charge in [-0.25, -0.2) is 8.42 Å². The van der Waals surface area contributed by atoms with Crippen molar-refractivity contribution in [1.82, 2.24) is 0 Å². The number of Topliss-reactive ketones (excluding diaryl/α,β-unsaturated/α-hetero) is 1. The molecule has 1 heterocycles. The minimum atomic E-state index is -3.14. The molecule has 1 N–H and O–H groups in total. The molecular formula is C5H8O4S. The van der Waals surface area contributed by atoms with Crippen LogP contribution in [0.5, 0.6) is 0 Å².